The summed E-state index contributed by atoms with van der Waals surface area (Å²) in [6.45, 7) is 8.62. The molecule has 3 aromatic carbocycles. The van der Waals surface area contributed by atoms with E-state index in [1.54, 1.807) is 28.7 Å². The van der Waals surface area contributed by atoms with Crippen molar-refractivity contribution < 1.29 is 9.53 Å². The molecular weight excluding hydrogens is 434 g/mol. The van der Waals surface area contributed by atoms with E-state index in [9.17, 15) is 4.79 Å². The molecule has 1 saturated heterocycles. The van der Waals surface area contributed by atoms with Gasteiger partial charge in [0.15, 0.2) is 4.75 Å². The SMILES string of the molecule is COc1ccc([C@]2(SSC(C)(C)C)C(=O)N(c3ccc(C)cc3)[C@@H]2c2ccccc2)cc1. The molecule has 32 heavy (non-hydrogen) atoms. The number of aryl methyl sites for hydroxylation is 1. The van der Waals surface area contributed by atoms with Crippen LogP contribution in [0.4, 0.5) is 5.69 Å². The summed E-state index contributed by atoms with van der Waals surface area (Å²) < 4.78 is 4.66. The third-order valence-electron chi connectivity index (χ3n) is 5.55. The smallest absolute Gasteiger partial charge is 0.251 e. The van der Waals surface area contributed by atoms with Crippen molar-refractivity contribution in [2.24, 2.45) is 0 Å². The van der Waals surface area contributed by atoms with Crippen LogP contribution in [0.3, 0.4) is 0 Å². The van der Waals surface area contributed by atoms with Crippen molar-refractivity contribution in [2.75, 3.05) is 12.0 Å². The number of nitrogens with zero attached hydrogens (tertiary/aromatic N) is 1. The zero-order valence-corrected chi connectivity index (χ0v) is 20.8. The monoisotopic (exact) mass is 463 g/mol. The largest absolute Gasteiger partial charge is 0.497 e. The molecule has 0 N–H and O–H groups in total. The third-order valence-corrected chi connectivity index (χ3v) is 9.57. The maximum absolute atomic E-state index is 14.1. The van der Waals surface area contributed by atoms with E-state index in [0.717, 1.165) is 22.6 Å². The maximum Gasteiger partial charge on any atom is 0.251 e. The Kier molecular flexibility index (Phi) is 6.33. The summed E-state index contributed by atoms with van der Waals surface area (Å²) in [6.07, 6.45) is 0. The van der Waals surface area contributed by atoms with Crippen molar-refractivity contribution in [1.29, 1.82) is 0 Å². The summed E-state index contributed by atoms with van der Waals surface area (Å²) in [4.78, 5) is 16.0. The van der Waals surface area contributed by atoms with Crippen molar-refractivity contribution >= 4 is 33.2 Å². The minimum Gasteiger partial charge on any atom is -0.497 e. The maximum atomic E-state index is 14.1. The van der Waals surface area contributed by atoms with E-state index in [4.69, 9.17) is 4.74 Å². The van der Waals surface area contributed by atoms with E-state index in [-0.39, 0.29) is 16.7 Å². The number of benzene rings is 3. The van der Waals surface area contributed by atoms with E-state index >= 15 is 0 Å². The van der Waals surface area contributed by atoms with Crippen molar-refractivity contribution in [3.8, 4) is 5.75 Å². The molecule has 3 nitrogen and oxygen atoms in total. The molecule has 166 valence electrons. The molecule has 0 unspecified atom stereocenters. The topological polar surface area (TPSA) is 29.5 Å². The zero-order chi connectivity index (χ0) is 22.9. The number of β-lactam (4-membered cyclic amide) rings is 1. The lowest BCUT2D eigenvalue weighted by Gasteiger charge is -2.56. The number of methoxy groups -OCH3 is 1. The van der Waals surface area contributed by atoms with Crippen molar-refractivity contribution in [3.63, 3.8) is 0 Å². The van der Waals surface area contributed by atoms with Gasteiger partial charge in [0.2, 0.25) is 0 Å². The molecule has 5 heteroatoms. The third kappa shape index (κ3) is 4.16. The number of carbonyl (C=O) groups is 1. The Morgan fingerprint density at radius 3 is 2.09 bits per heavy atom. The standard InChI is InChI=1S/C27H29NO2S2/c1-19-11-15-22(16-12-19)28-24(20-9-7-6-8-10-20)27(25(28)29,32-31-26(2,3)4)21-13-17-23(30-5)18-14-21/h6-18,24H,1-5H3/t24-,27-/m1/s1. The van der Waals surface area contributed by atoms with Crippen LogP contribution in [-0.4, -0.2) is 17.8 Å². The molecule has 1 aliphatic rings. The normalized spacial score (nSPS) is 20.7. The first-order valence-corrected chi connectivity index (χ1v) is 12.9. The highest BCUT2D eigenvalue weighted by Gasteiger charge is 2.64. The molecule has 4 rings (SSSR count). The molecule has 3 aromatic rings. The van der Waals surface area contributed by atoms with Gasteiger partial charge in [-0.1, -0.05) is 103 Å². The average molecular weight is 464 g/mol. The van der Waals surface area contributed by atoms with Gasteiger partial charge in [0.05, 0.1) is 13.2 Å². The molecule has 1 fully saturated rings. The molecule has 0 bridgehead atoms. The molecular formula is C27H29NO2S2. The predicted molar refractivity (Wildman–Crippen MR) is 137 cm³/mol. The van der Waals surface area contributed by atoms with Gasteiger partial charge in [-0.25, -0.2) is 0 Å². The van der Waals surface area contributed by atoms with Crippen LogP contribution in [0.15, 0.2) is 78.9 Å². The second-order valence-electron chi connectivity index (χ2n) is 9.07. The minimum atomic E-state index is -0.726. The lowest BCUT2D eigenvalue weighted by Crippen LogP contribution is -2.64. The Labute approximate surface area is 199 Å². The highest BCUT2D eigenvalue weighted by atomic mass is 33.1. The zero-order valence-electron chi connectivity index (χ0n) is 19.2. The van der Waals surface area contributed by atoms with Crippen LogP contribution < -0.4 is 9.64 Å². The van der Waals surface area contributed by atoms with E-state index in [0.29, 0.717) is 0 Å². The van der Waals surface area contributed by atoms with Crippen LogP contribution in [0.2, 0.25) is 0 Å². The van der Waals surface area contributed by atoms with Gasteiger partial charge in [0.1, 0.15) is 5.75 Å². The average Bonchev–Trinajstić information content (AvgIpc) is 2.79. The summed E-state index contributed by atoms with van der Waals surface area (Å²) in [5.74, 6) is 0.901. The van der Waals surface area contributed by atoms with Crippen molar-refractivity contribution in [2.45, 2.75) is 43.2 Å². The fourth-order valence-electron chi connectivity index (χ4n) is 3.96. The van der Waals surface area contributed by atoms with Gasteiger partial charge in [-0.05, 0) is 42.3 Å². The Hall–Kier alpha value is -2.37. The van der Waals surface area contributed by atoms with Crippen LogP contribution >= 0.6 is 21.6 Å². The number of carbonyl (C=O) groups excluding carboxylic acids is 1. The molecule has 0 radical (unpaired) electrons. The summed E-state index contributed by atoms with van der Waals surface area (Å²) in [7, 11) is 5.10. The highest BCUT2D eigenvalue weighted by Crippen LogP contribution is 2.64. The predicted octanol–water partition coefficient (Wildman–Crippen LogP) is 7.17. The van der Waals surface area contributed by atoms with E-state index < -0.39 is 4.75 Å². The van der Waals surface area contributed by atoms with Crippen LogP contribution in [0, 0.1) is 6.92 Å². The number of hydrogen-bond donors (Lipinski definition) is 0. The molecule has 1 heterocycles. The van der Waals surface area contributed by atoms with E-state index in [1.165, 1.54) is 5.56 Å². The fraction of sp³-hybridized carbons (Fsp3) is 0.296. The first kappa shape index (κ1) is 22.8. The highest BCUT2D eigenvalue weighted by molar-refractivity contribution is 8.77. The van der Waals surface area contributed by atoms with E-state index in [2.05, 4.69) is 52.0 Å². The summed E-state index contributed by atoms with van der Waals surface area (Å²) in [5, 5.41) is 0. The van der Waals surface area contributed by atoms with Gasteiger partial charge >= 0.3 is 0 Å². The molecule has 0 saturated carbocycles. The van der Waals surface area contributed by atoms with Gasteiger partial charge in [0, 0.05) is 10.4 Å². The number of ether oxygens (including phenoxy) is 1. The van der Waals surface area contributed by atoms with Gasteiger partial charge in [0.25, 0.3) is 5.91 Å². The van der Waals surface area contributed by atoms with Crippen molar-refractivity contribution in [3.05, 3.63) is 95.6 Å². The van der Waals surface area contributed by atoms with Crippen LogP contribution in [0.1, 0.15) is 43.5 Å². The Balaban J connectivity index is 1.87. The summed E-state index contributed by atoms with van der Waals surface area (Å²) >= 11 is 0. The first-order valence-electron chi connectivity index (χ1n) is 10.7. The second kappa shape index (κ2) is 8.87. The first-order chi connectivity index (χ1) is 15.3. The summed E-state index contributed by atoms with van der Waals surface area (Å²) in [5.41, 5.74) is 4.24. The Bertz CT molecular complexity index is 1080. The van der Waals surface area contributed by atoms with Gasteiger partial charge in [-0.3, -0.25) is 4.79 Å². The molecule has 2 atom stereocenters. The van der Waals surface area contributed by atoms with Crippen LogP contribution in [0.25, 0.3) is 0 Å². The lowest BCUT2D eigenvalue weighted by molar-refractivity contribution is -0.128. The Morgan fingerprint density at radius 2 is 1.53 bits per heavy atom. The quantitative estimate of drug-likeness (QED) is 0.286. The van der Waals surface area contributed by atoms with Crippen LogP contribution in [-0.2, 0) is 9.54 Å². The van der Waals surface area contributed by atoms with Crippen LogP contribution in [0.5, 0.6) is 5.75 Å². The molecule has 0 spiro atoms. The van der Waals surface area contributed by atoms with E-state index in [1.807, 2.05) is 59.5 Å². The van der Waals surface area contributed by atoms with Gasteiger partial charge in [-0.2, -0.15) is 0 Å². The molecule has 1 aliphatic heterocycles. The van der Waals surface area contributed by atoms with Gasteiger partial charge in [-0.15, -0.1) is 0 Å². The summed E-state index contributed by atoms with van der Waals surface area (Å²) in [6, 6.07) is 26.4. The second-order valence-corrected chi connectivity index (χ2v) is 12.3. The Morgan fingerprint density at radius 1 is 0.906 bits per heavy atom. The molecule has 0 aromatic heterocycles. The number of anilines is 1. The fourth-order valence-corrected chi connectivity index (χ4v) is 7.00. The van der Waals surface area contributed by atoms with Gasteiger partial charge < -0.3 is 9.64 Å². The minimum absolute atomic E-state index is 0.00986. The van der Waals surface area contributed by atoms with Crippen molar-refractivity contribution in [1.82, 2.24) is 0 Å². The number of hydrogen-bond acceptors (Lipinski definition) is 4. The molecule has 1 amide bonds. The number of amides is 1. The molecule has 0 aliphatic carbocycles. The number of rotatable bonds is 6. The lowest BCUT2D eigenvalue weighted by atomic mass is 9.76.